The number of imidazole rings is 1. The maximum absolute atomic E-state index is 6.31. The minimum Gasteiger partial charge on any atom is -0.493 e. The molecule has 0 aliphatic rings. The number of nitrogens with one attached hydrogen (secondary N) is 1. The highest BCUT2D eigenvalue weighted by Gasteiger charge is 2.14. The smallest absolute Gasteiger partial charge is 0.150 e. The number of ether oxygens (including phenoxy) is 3. The van der Waals surface area contributed by atoms with Crippen molar-refractivity contribution in [1.82, 2.24) is 19.8 Å². The summed E-state index contributed by atoms with van der Waals surface area (Å²) in [6.07, 6.45) is 1.89. The molecular formula is C33H42Cl2N4O3. The predicted octanol–water partition coefficient (Wildman–Crippen LogP) is 8.55. The molecule has 0 aliphatic heterocycles. The summed E-state index contributed by atoms with van der Waals surface area (Å²) >= 11 is 12.3. The molecular weight excluding hydrogens is 571 g/mol. The highest BCUT2D eigenvalue weighted by Crippen LogP contribution is 2.34. The van der Waals surface area contributed by atoms with E-state index in [4.69, 9.17) is 42.4 Å². The van der Waals surface area contributed by atoms with Gasteiger partial charge in [0.05, 0.1) is 18.7 Å². The van der Waals surface area contributed by atoms with Gasteiger partial charge in [-0.1, -0.05) is 63.0 Å². The maximum Gasteiger partial charge on any atom is 0.150 e. The van der Waals surface area contributed by atoms with Crippen LogP contribution in [0.4, 0.5) is 0 Å². The van der Waals surface area contributed by atoms with Crippen LogP contribution in [0.1, 0.15) is 40.5 Å². The van der Waals surface area contributed by atoms with Crippen molar-refractivity contribution in [3.63, 3.8) is 0 Å². The summed E-state index contributed by atoms with van der Waals surface area (Å²) in [6.45, 7) is 16.1. The summed E-state index contributed by atoms with van der Waals surface area (Å²) < 4.78 is 18.5. The SMILES string of the molecule is CCN(CC)CCCOc1cc(OCCCN(CC)CC)c2nc(-c3cccc(Oc4cc(Cl)cc(Cl)c4)c3)[nH]c2c1. The monoisotopic (exact) mass is 612 g/mol. The van der Waals surface area contributed by atoms with Crippen LogP contribution in [0.5, 0.6) is 23.0 Å². The Bertz CT molecular complexity index is 1400. The second kappa shape index (κ2) is 16.0. The Hall–Kier alpha value is -2.97. The summed E-state index contributed by atoms with van der Waals surface area (Å²) in [5.41, 5.74) is 2.51. The van der Waals surface area contributed by atoms with Gasteiger partial charge >= 0.3 is 0 Å². The van der Waals surface area contributed by atoms with E-state index in [0.29, 0.717) is 46.3 Å². The molecule has 0 atom stereocenters. The Labute approximate surface area is 259 Å². The predicted molar refractivity (Wildman–Crippen MR) is 174 cm³/mol. The van der Waals surface area contributed by atoms with Gasteiger partial charge in [-0.15, -0.1) is 0 Å². The molecule has 42 heavy (non-hydrogen) atoms. The van der Waals surface area contributed by atoms with E-state index in [0.717, 1.165) is 74.5 Å². The summed E-state index contributed by atoms with van der Waals surface area (Å²) in [7, 11) is 0. The number of aromatic nitrogens is 2. The minimum atomic E-state index is 0.515. The van der Waals surface area contributed by atoms with Crippen LogP contribution in [0.2, 0.25) is 10.0 Å². The maximum atomic E-state index is 6.31. The minimum absolute atomic E-state index is 0.515. The zero-order valence-corrected chi connectivity index (χ0v) is 26.6. The van der Waals surface area contributed by atoms with E-state index in [1.165, 1.54) is 0 Å². The van der Waals surface area contributed by atoms with Crippen molar-refractivity contribution in [2.24, 2.45) is 0 Å². The first-order chi connectivity index (χ1) is 20.4. The second-order valence-electron chi connectivity index (χ2n) is 10.1. The van der Waals surface area contributed by atoms with Crippen LogP contribution in [0.25, 0.3) is 22.4 Å². The molecule has 0 amide bonds. The molecule has 0 bridgehead atoms. The normalized spacial score (nSPS) is 11.5. The zero-order valence-electron chi connectivity index (χ0n) is 25.1. The molecule has 1 heterocycles. The number of nitrogens with zero attached hydrogens (tertiary/aromatic N) is 3. The Morgan fingerprint density at radius 1 is 0.714 bits per heavy atom. The van der Waals surface area contributed by atoms with E-state index >= 15 is 0 Å². The van der Waals surface area contributed by atoms with Crippen molar-refractivity contribution in [3.8, 4) is 34.4 Å². The van der Waals surface area contributed by atoms with E-state index in [1.807, 2.05) is 36.4 Å². The van der Waals surface area contributed by atoms with E-state index < -0.39 is 0 Å². The van der Waals surface area contributed by atoms with Gasteiger partial charge in [-0.2, -0.15) is 0 Å². The van der Waals surface area contributed by atoms with Crippen LogP contribution in [0.15, 0.2) is 54.6 Å². The molecule has 1 aromatic heterocycles. The highest BCUT2D eigenvalue weighted by molar-refractivity contribution is 6.34. The number of halogens is 2. The van der Waals surface area contributed by atoms with Crippen molar-refractivity contribution < 1.29 is 14.2 Å². The first-order valence-electron chi connectivity index (χ1n) is 14.9. The van der Waals surface area contributed by atoms with Gasteiger partial charge in [0.1, 0.15) is 28.6 Å². The molecule has 1 N–H and O–H groups in total. The largest absolute Gasteiger partial charge is 0.493 e. The Morgan fingerprint density at radius 3 is 2.00 bits per heavy atom. The lowest BCUT2D eigenvalue weighted by molar-refractivity contribution is 0.243. The summed E-state index contributed by atoms with van der Waals surface area (Å²) in [4.78, 5) is 13.2. The molecule has 226 valence electrons. The number of fused-ring (bicyclic) bond motifs is 1. The third kappa shape index (κ3) is 9.01. The van der Waals surface area contributed by atoms with Crippen molar-refractivity contribution in [2.45, 2.75) is 40.5 Å². The number of H-pyrrole nitrogens is 1. The van der Waals surface area contributed by atoms with Crippen LogP contribution in [0.3, 0.4) is 0 Å². The fraction of sp³-hybridized carbons (Fsp3) is 0.424. The Balaban J connectivity index is 1.55. The van der Waals surface area contributed by atoms with Crippen molar-refractivity contribution in [1.29, 1.82) is 0 Å². The number of hydrogen-bond acceptors (Lipinski definition) is 6. The van der Waals surface area contributed by atoms with Crippen LogP contribution in [-0.4, -0.2) is 72.3 Å². The molecule has 4 aromatic rings. The fourth-order valence-electron chi connectivity index (χ4n) is 4.85. The standard InChI is InChI=1S/C33H42Cl2N4O3/c1-5-38(6-2)14-10-16-40-28-22-30-32(31(23-28)41-17-11-15-39(7-3)8-4)37-33(36-30)24-12-9-13-27(18-24)42-29-20-25(34)19-26(35)21-29/h9,12-13,18-23H,5-8,10-11,14-17H2,1-4H3,(H,36,37). The molecule has 0 saturated carbocycles. The van der Waals surface area contributed by atoms with E-state index in [2.05, 4.69) is 42.5 Å². The van der Waals surface area contributed by atoms with Gasteiger partial charge < -0.3 is 29.0 Å². The molecule has 0 radical (unpaired) electrons. The van der Waals surface area contributed by atoms with Crippen molar-refractivity contribution in [2.75, 3.05) is 52.5 Å². The first kappa shape index (κ1) is 32.0. The molecule has 9 heteroatoms. The van der Waals surface area contributed by atoms with Gasteiger partial charge in [0.25, 0.3) is 0 Å². The van der Waals surface area contributed by atoms with Crippen LogP contribution >= 0.6 is 23.2 Å². The quantitative estimate of drug-likeness (QED) is 0.120. The van der Waals surface area contributed by atoms with Crippen LogP contribution < -0.4 is 14.2 Å². The van der Waals surface area contributed by atoms with Gasteiger partial charge in [-0.25, -0.2) is 4.98 Å². The lowest BCUT2D eigenvalue weighted by atomic mass is 10.2. The number of hydrogen-bond donors (Lipinski definition) is 1. The number of benzene rings is 3. The van der Waals surface area contributed by atoms with Gasteiger partial charge in [-0.3, -0.25) is 0 Å². The lowest BCUT2D eigenvalue weighted by Gasteiger charge is -2.18. The molecule has 7 nitrogen and oxygen atoms in total. The molecule has 0 spiro atoms. The van der Waals surface area contributed by atoms with Crippen LogP contribution in [-0.2, 0) is 0 Å². The number of aromatic amines is 1. The van der Waals surface area contributed by atoms with Crippen molar-refractivity contribution >= 4 is 34.2 Å². The molecule has 0 unspecified atom stereocenters. The Morgan fingerprint density at radius 2 is 1.36 bits per heavy atom. The molecule has 0 saturated heterocycles. The number of rotatable bonds is 17. The first-order valence-corrected chi connectivity index (χ1v) is 15.7. The second-order valence-corrected chi connectivity index (χ2v) is 11.0. The average Bonchev–Trinajstić information content (AvgIpc) is 3.41. The third-order valence-corrected chi connectivity index (χ3v) is 7.69. The van der Waals surface area contributed by atoms with Crippen LogP contribution in [0, 0.1) is 0 Å². The lowest BCUT2D eigenvalue weighted by Crippen LogP contribution is -2.25. The van der Waals surface area contributed by atoms with E-state index in [-0.39, 0.29) is 0 Å². The van der Waals surface area contributed by atoms with Gasteiger partial charge in [0, 0.05) is 40.8 Å². The Kier molecular flexibility index (Phi) is 12.2. The van der Waals surface area contributed by atoms with Gasteiger partial charge in [0.15, 0.2) is 5.75 Å². The summed E-state index contributed by atoms with van der Waals surface area (Å²) in [5, 5.41) is 1.03. The van der Waals surface area contributed by atoms with Gasteiger partial charge in [-0.05, 0) is 69.4 Å². The topological polar surface area (TPSA) is 62.9 Å². The molecule has 3 aromatic carbocycles. The zero-order chi connectivity index (χ0) is 29.9. The van der Waals surface area contributed by atoms with E-state index in [9.17, 15) is 0 Å². The van der Waals surface area contributed by atoms with Crippen molar-refractivity contribution in [3.05, 3.63) is 64.6 Å². The molecule has 4 rings (SSSR count). The molecule has 0 fully saturated rings. The summed E-state index contributed by atoms with van der Waals surface area (Å²) in [6, 6.07) is 16.8. The van der Waals surface area contributed by atoms with E-state index in [1.54, 1.807) is 18.2 Å². The molecule has 0 aliphatic carbocycles. The highest BCUT2D eigenvalue weighted by atomic mass is 35.5. The van der Waals surface area contributed by atoms with Gasteiger partial charge in [0.2, 0.25) is 0 Å². The average molecular weight is 614 g/mol. The third-order valence-electron chi connectivity index (χ3n) is 7.26. The fourth-order valence-corrected chi connectivity index (χ4v) is 5.36. The summed E-state index contributed by atoms with van der Waals surface area (Å²) in [5.74, 6) is 3.42.